The van der Waals surface area contributed by atoms with Crippen LogP contribution in [-0.4, -0.2) is 25.0 Å². The number of carbonyl (C=O) groups excluding carboxylic acids is 1. The maximum absolute atomic E-state index is 12.8. The highest BCUT2D eigenvalue weighted by Gasteiger charge is 2.23. The number of carbonyl (C=O) groups is 1. The number of nitrogens with one attached hydrogen (secondary N) is 2. The summed E-state index contributed by atoms with van der Waals surface area (Å²) in [7, 11) is 0. The van der Waals surface area contributed by atoms with Crippen LogP contribution in [0, 0.1) is 5.92 Å². The van der Waals surface area contributed by atoms with Crippen LogP contribution in [0.3, 0.4) is 0 Å². The summed E-state index contributed by atoms with van der Waals surface area (Å²) in [4.78, 5) is 12.8. The predicted molar refractivity (Wildman–Crippen MR) is 105 cm³/mol. The van der Waals surface area contributed by atoms with Crippen LogP contribution in [0.15, 0.2) is 54.6 Å². The van der Waals surface area contributed by atoms with Gasteiger partial charge in [-0.1, -0.05) is 55.5 Å². The molecule has 1 heterocycles. The van der Waals surface area contributed by atoms with Crippen LogP contribution in [-0.2, 0) is 12.8 Å². The molecule has 1 saturated heterocycles. The quantitative estimate of drug-likeness (QED) is 0.857. The zero-order valence-electron chi connectivity index (χ0n) is 14.7. The summed E-state index contributed by atoms with van der Waals surface area (Å²) in [6.07, 6.45) is 2.84. The highest BCUT2D eigenvalue weighted by molar-refractivity contribution is 5.95. The molecule has 134 valence electrons. The van der Waals surface area contributed by atoms with Gasteiger partial charge in [-0.15, -0.1) is 12.4 Å². The van der Waals surface area contributed by atoms with Gasteiger partial charge in [-0.05, 0) is 55.5 Å². The average molecular weight is 359 g/mol. The molecule has 3 rings (SSSR count). The smallest absolute Gasteiger partial charge is 0.251 e. The van der Waals surface area contributed by atoms with Crippen LogP contribution in [0.5, 0.6) is 0 Å². The van der Waals surface area contributed by atoms with Crippen LogP contribution in [0.2, 0.25) is 0 Å². The highest BCUT2D eigenvalue weighted by Crippen LogP contribution is 2.15. The largest absolute Gasteiger partial charge is 0.349 e. The fourth-order valence-electron chi connectivity index (χ4n) is 3.36. The Labute approximate surface area is 156 Å². The molecule has 2 atom stereocenters. The Morgan fingerprint density at radius 3 is 2.56 bits per heavy atom. The van der Waals surface area contributed by atoms with E-state index in [0.29, 0.717) is 5.92 Å². The molecule has 2 unspecified atom stereocenters. The Morgan fingerprint density at radius 1 is 1.08 bits per heavy atom. The summed E-state index contributed by atoms with van der Waals surface area (Å²) < 4.78 is 0. The molecule has 2 aromatic carbocycles. The van der Waals surface area contributed by atoms with Gasteiger partial charge in [0.2, 0.25) is 0 Å². The second-order valence-electron chi connectivity index (χ2n) is 6.69. The topological polar surface area (TPSA) is 41.1 Å². The van der Waals surface area contributed by atoms with Crippen molar-refractivity contribution >= 4 is 18.3 Å². The van der Waals surface area contributed by atoms with Crippen molar-refractivity contribution in [3.63, 3.8) is 0 Å². The van der Waals surface area contributed by atoms with Gasteiger partial charge in [0.1, 0.15) is 0 Å². The number of hydrogen-bond donors (Lipinski definition) is 2. The van der Waals surface area contributed by atoms with Gasteiger partial charge < -0.3 is 10.6 Å². The van der Waals surface area contributed by atoms with Crippen molar-refractivity contribution < 1.29 is 4.79 Å². The molecular formula is C21H27ClN2O. The molecule has 1 aliphatic heterocycles. The van der Waals surface area contributed by atoms with E-state index in [1.807, 2.05) is 24.3 Å². The summed E-state index contributed by atoms with van der Waals surface area (Å²) in [5, 5.41) is 6.62. The van der Waals surface area contributed by atoms with E-state index in [-0.39, 0.29) is 24.4 Å². The van der Waals surface area contributed by atoms with Crippen LogP contribution < -0.4 is 10.6 Å². The number of halogens is 1. The van der Waals surface area contributed by atoms with E-state index < -0.39 is 0 Å². The molecule has 1 amide bonds. The Balaban J connectivity index is 0.00000225. The van der Waals surface area contributed by atoms with Crippen LogP contribution in [0.1, 0.15) is 34.8 Å². The summed E-state index contributed by atoms with van der Waals surface area (Å²) in [5.41, 5.74) is 3.25. The molecular weight excluding hydrogens is 332 g/mol. The number of aryl methyl sites for hydroxylation is 2. The molecule has 0 aromatic heterocycles. The number of rotatable bonds is 5. The van der Waals surface area contributed by atoms with E-state index in [2.05, 4.69) is 47.9 Å². The van der Waals surface area contributed by atoms with Crippen molar-refractivity contribution in [2.75, 3.05) is 13.1 Å². The summed E-state index contributed by atoms with van der Waals surface area (Å²) in [6, 6.07) is 18.7. The lowest BCUT2D eigenvalue weighted by Crippen LogP contribution is -2.48. The van der Waals surface area contributed by atoms with Gasteiger partial charge in [0.25, 0.3) is 5.91 Å². The second-order valence-corrected chi connectivity index (χ2v) is 6.69. The van der Waals surface area contributed by atoms with Gasteiger partial charge >= 0.3 is 0 Å². The lowest BCUT2D eigenvalue weighted by molar-refractivity contribution is 0.0913. The lowest BCUT2D eigenvalue weighted by atomic mass is 9.94. The minimum atomic E-state index is 0. The van der Waals surface area contributed by atoms with Crippen LogP contribution >= 0.6 is 12.4 Å². The first-order valence-corrected chi connectivity index (χ1v) is 8.87. The average Bonchev–Trinajstić information content (AvgIpc) is 2.63. The summed E-state index contributed by atoms with van der Waals surface area (Å²) in [6.45, 7) is 4.14. The maximum atomic E-state index is 12.8. The van der Waals surface area contributed by atoms with Crippen molar-refractivity contribution in [1.29, 1.82) is 0 Å². The molecule has 2 N–H and O–H groups in total. The number of hydrogen-bond acceptors (Lipinski definition) is 2. The molecule has 0 radical (unpaired) electrons. The first-order valence-electron chi connectivity index (χ1n) is 8.87. The van der Waals surface area contributed by atoms with Crippen LogP contribution in [0.25, 0.3) is 0 Å². The molecule has 1 aliphatic rings. The molecule has 4 heteroatoms. The van der Waals surface area contributed by atoms with E-state index in [1.54, 1.807) is 0 Å². The Kier molecular flexibility index (Phi) is 7.48. The minimum absolute atomic E-state index is 0. The zero-order chi connectivity index (χ0) is 16.8. The van der Waals surface area contributed by atoms with Crippen molar-refractivity contribution in [2.24, 2.45) is 5.92 Å². The Bertz CT molecular complexity index is 675. The number of piperidine rings is 1. The molecule has 0 bridgehead atoms. The predicted octanol–water partition coefficient (Wildman–Crippen LogP) is 3.62. The van der Waals surface area contributed by atoms with Crippen LogP contribution in [0.4, 0.5) is 0 Å². The fraction of sp³-hybridized carbons (Fsp3) is 0.381. The maximum Gasteiger partial charge on any atom is 0.251 e. The van der Waals surface area contributed by atoms with Crippen molar-refractivity contribution in [2.45, 2.75) is 32.2 Å². The molecule has 0 aliphatic carbocycles. The van der Waals surface area contributed by atoms with Gasteiger partial charge in [-0.3, -0.25) is 4.79 Å². The normalized spacial score (nSPS) is 19.7. The first kappa shape index (κ1) is 19.5. The van der Waals surface area contributed by atoms with Gasteiger partial charge in [-0.25, -0.2) is 0 Å². The molecule has 2 aromatic rings. The van der Waals surface area contributed by atoms with E-state index in [0.717, 1.165) is 43.5 Å². The molecule has 1 fully saturated rings. The van der Waals surface area contributed by atoms with Gasteiger partial charge in [-0.2, -0.15) is 0 Å². The third kappa shape index (κ3) is 5.32. The second kappa shape index (κ2) is 9.59. The van der Waals surface area contributed by atoms with Gasteiger partial charge in [0, 0.05) is 11.6 Å². The summed E-state index contributed by atoms with van der Waals surface area (Å²) in [5.74, 6) is 0.539. The Hall–Kier alpha value is -1.84. The SMILES string of the molecule is CC1CNCCC1NC(=O)c1ccccc1CCc1ccccc1.Cl. The first-order chi connectivity index (χ1) is 11.7. The standard InChI is InChI=1S/C21H26N2O.ClH/c1-16-15-22-14-13-20(16)23-21(24)19-10-6-5-9-18(19)12-11-17-7-3-2-4-8-17;/h2-10,16,20,22H,11-15H2,1H3,(H,23,24);1H. The van der Waals surface area contributed by atoms with E-state index >= 15 is 0 Å². The van der Waals surface area contributed by atoms with Gasteiger partial charge in [0.15, 0.2) is 0 Å². The zero-order valence-corrected chi connectivity index (χ0v) is 15.5. The lowest BCUT2D eigenvalue weighted by Gasteiger charge is -2.30. The monoisotopic (exact) mass is 358 g/mol. The minimum Gasteiger partial charge on any atom is -0.349 e. The third-order valence-electron chi connectivity index (χ3n) is 4.89. The highest BCUT2D eigenvalue weighted by atomic mass is 35.5. The third-order valence-corrected chi connectivity index (χ3v) is 4.89. The molecule has 3 nitrogen and oxygen atoms in total. The molecule has 25 heavy (non-hydrogen) atoms. The fourth-order valence-corrected chi connectivity index (χ4v) is 3.36. The van der Waals surface area contributed by atoms with Crippen molar-refractivity contribution in [1.82, 2.24) is 10.6 Å². The van der Waals surface area contributed by atoms with Crippen molar-refractivity contribution in [3.8, 4) is 0 Å². The Morgan fingerprint density at radius 2 is 1.80 bits per heavy atom. The van der Waals surface area contributed by atoms with E-state index in [1.165, 1.54) is 5.56 Å². The number of benzene rings is 2. The number of amides is 1. The van der Waals surface area contributed by atoms with E-state index in [9.17, 15) is 4.79 Å². The molecule has 0 saturated carbocycles. The van der Waals surface area contributed by atoms with Crippen molar-refractivity contribution in [3.05, 3.63) is 71.3 Å². The summed E-state index contributed by atoms with van der Waals surface area (Å²) >= 11 is 0. The van der Waals surface area contributed by atoms with E-state index in [4.69, 9.17) is 0 Å². The molecule has 0 spiro atoms. The van der Waals surface area contributed by atoms with Gasteiger partial charge in [0.05, 0.1) is 0 Å².